The minimum atomic E-state index is -1.02. The monoisotopic (exact) mass is 237 g/mol. The van der Waals surface area contributed by atoms with Crippen LogP contribution in [-0.4, -0.2) is 17.1 Å². The molecule has 1 saturated carbocycles. The Balaban J connectivity index is 1.98. The van der Waals surface area contributed by atoms with E-state index in [1.807, 2.05) is 6.92 Å². The van der Waals surface area contributed by atoms with Crippen LogP contribution in [0.4, 0.5) is 0 Å². The highest BCUT2D eigenvalue weighted by Gasteiger charge is 2.25. The average molecular weight is 237 g/mol. The van der Waals surface area contributed by atoms with Crippen LogP contribution in [0.1, 0.15) is 55.5 Å². The van der Waals surface area contributed by atoms with Gasteiger partial charge in [-0.05, 0) is 37.8 Å². The van der Waals surface area contributed by atoms with Crippen molar-refractivity contribution in [3.63, 3.8) is 0 Å². The summed E-state index contributed by atoms with van der Waals surface area (Å²) in [5.41, 5.74) is 0. The smallest absolute Gasteiger partial charge is 0.371 e. The third-order valence-corrected chi connectivity index (χ3v) is 3.59. The fraction of sp³-hybridized carbons (Fsp3) is 0.615. The molecule has 2 rings (SSSR count). The number of carboxylic acids is 1. The molecule has 0 saturated heterocycles. The topological polar surface area (TPSA) is 62.5 Å². The van der Waals surface area contributed by atoms with Crippen LogP contribution in [0, 0.1) is 5.92 Å². The molecule has 4 nitrogen and oxygen atoms in total. The van der Waals surface area contributed by atoms with Crippen LogP contribution in [0.25, 0.3) is 0 Å². The zero-order valence-electron chi connectivity index (χ0n) is 10.3. The van der Waals surface area contributed by atoms with Gasteiger partial charge in [-0.3, -0.25) is 0 Å². The van der Waals surface area contributed by atoms with Crippen molar-refractivity contribution in [1.29, 1.82) is 0 Å². The predicted octanol–water partition coefficient (Wildman–Crippen LogP) is 2.82. The highest BCUT2D eigenvalue weighted by Crippen LogP contribution is 2.27. The maximum atomic E-state index is 10.7. The third-order valence-electron chi connectivity index (χ3n) is 3.59. The first-order valence-corrected chi connectivity index (χ1v) is 6.17. The van der Waals surface area contributed by atoms with Crippen molar-refractivity contribution in [2.24, 2.45) is 5.92 Å². The lowest BCUT2D eigenvalue weighted by Gasteiger charge is -2.21. The number of hydrogen-bond acceptors (Lipinski definition) is 3. The largest absolute Gasteiger partial charge is 0.475 e. The Morgan fingerprint density at radius 2 is 2.29 bits per heavy atom. The summed E-state index contributed by atoms with van der Waals surface area (Å²) in [5.74, 6) is 0.374. The molecule has 0 bridgehead atoms. The Morgan fingerprint density at radius 3 is 2.82 bits per heavy atom. The zero-order valence-corrected chi connectivity index (χ0v) is 10.3. The summed E-state index contributed by atoms with van der Waals surface area (Å²) >= 11 is 0. The number of carbonyl (C=O) groups is 1. The van der Waals surface area contributed by atoms with Gasteiger partial charge in [-0.2, -0.15) is 0 Å². The number of aromatic carboxylic acids is 1. The van der Waals surface area contributed by atoms with Crippen molar-refractivity contribution >= 4 is 5.97 Å². The normalized spacial score (nSPS) is 26.0. The highest BCUT2D eigenvalue weighted by atomic mass is 16.4. The van der Waals surface area contributed by atoms with E-state index in [0.717, 1.165) is 0 Å². The summed E-state index contributed by atoms with van der Waals surface area (Å²) in [6.07, 6.45) is 3.73. The van der Waals surface area contributed by atoms with Crippen LogP contribution >= 0.6 is 0 Å². The van der Waals surface area contributed by atoms with Crippen molar-refractivity contribution in [1.82, 2.24) is 5.32 Å². The quantitative estimate of drug-likeness (QED) is 0.845. The Labute approximate surface area is 101 Å². The van der Waals surface area contributed by atoms with Crippen molar-refractivity contribution in [3.05, 3.63) is 23.7 Å². The second-order valence-electron chi connectivity index (χ2n) is 4.91. The van der Waals surface area contributed by atoms with E-state index in [1.54, 1.807) is 6.07 Å². The van der Waals surface area contributed by atoms with E-state index in [9.17, 15) is 4.79 Å². The zero-order chi connectivity index (χ0) is 12.4. The number of nitrogens with one attached hydrogen (secondary N) is 1. The summed E-state index contributed by atoms with van der Waals surface area (Å²) in [6, 6.07) is 3.83. The average Bonchev–Trinajstić information content (AvgIpc) is 2.88. The predicted molar refractivity (Wildman–Crippen MR) is 64.0 cm³/mol. The van der Waals surface area contributed by atoms with Gasteiger partial charge in [0.05, 0.1) is 6.04 Å². The third kappa shape index (κ3) is 2.69. The molecule has 1 heterocycles. The first-order chi connectivity index (χ1) is 8.08. The summed E-state index contributed by atoms with van der Waals surface area (Å²) in [6.45, 7) is 4.26. The fourth-order valence-electron chi connectivity index (χ4n) is 2.50. The summed E-state index contributed by atoms with van der Waals surface area (Å²) in [5, 5.41) is 12.3. The molecule has 0 aliphatic heterocycles. The van der Waals surface area contributed by atoms with Gasteiger partial charge in [-0.15, -0.1) is 0 Å². The van der Waals surface area contributed by atoms with E-state index in [0.29, 0.717) is 17.7 Å². The highest BCUT2D eigenvalue weighted by molar-refractivity contribution is 5.84. The molecule has 17 heavy (non-hydrogen) atoms. The Bertz CT molecular complexity index is 399. The van der Waals surface area contributed by atoms with Crippen molar-refractivity contribution in [2.45, 2.75) is 45.2 Å². The van der Waals surface area contributed by atoms with Gasteiger partial charge in [0.2, 0.25) is 5.76 Å². The van der Waals surface area contributed by atoms with Crippen LogP contribution < -0.4 is 5.32 Å². The number of rotatable bonds is 4. The van der Waals surface area contributed by atoms with Crippen LogP contribution in [0.15, 0.2) is 16.5 Å². The van der Waals surface area contributed by atoms with E-state index in [1.165, 1.54) is 25.3 Å². The van der Waals surface area contributed by atoms with E-state index >= 15 is 0 Å². The lowest BCUT2D eigenvalue weighted by Crippen LogP contribution is -2.33. The van der Waals surface area contributed by atoms with E-state index in [-0.39, 0.29) is 11.8 Å². The van der Waals surface area contributed by atoms with Crippen LogP contribution in [0.5, 0.6) is 0 Å². The first kappa shape index (κ1) is 12.2. The van der Waals surface area contributed by atoms with Gasteiger partial charge < -0.3 is 14.8 Å². The van der Waals surface area contributed by atoms with Gasteiger partial charge in [-0.1, -0.05) is 13.3 Å². The van der Waals surface area contributed by atoms with Gasteiger partial charge >= 0.3 is 5.97 Å². The lowest BCUT2D eigenvalue weighted by molar-refractivity contribution is 0.0659. The second kappa shape index (κ2) is 4.92. The molecule has 1 aromatic rings. The number of carboxylic acid groups (broad SMARTS) is 1. The van der Waals surface area contributed by atoms with Gasteiger partial charge in [0.15, 0.2) is 0 Å². The molecule has 3 atom stereocenters. The molecule has 1 aromatic heterocycles. The van der Waals surface area contributed by atoms with Gasteiger partial charge in [0.1, 0.15) is 5.76 Å². The Morgan fingerprint density at radius 1 is 1.53 bits per heavy atom. The molecule has 4 heteroatoms. The summed E-state index contributed by atoms with van der Waals surface area (Å²) in [4.78, 5) is 10.7. The van der Waals surface area contributed by atoms with Gasteiger partial charge in [-0.25, -0.2) is 4.79 Å². The fourth-order valence-corrected chi connectivity index (χ4v) is 2.50. The maximum Gasteiger partial charge on any atom is 0.371 e. The standard InChI is InChI=1S/C13H19NO3/c1-8-4-3-5-10(8)14-9(2)11-6-7-12(17-11)13(15)16/h6-10,14H,3-5H2,1-2H3,(H,15,16). The molecule has 0 aromatic carbocycles. The minimum Gasteiger partial charge on any atom is -0.475 e. The SMILES string of the molecule is CC(NC1CCCC1C)c1ccc(C(=O)O)o1. The first-order valence-electron chi connectivity index (χ1n) is 6.17. The van der Waals surface area contributed by atoms with Gasteiger partial charge in [0.25, 0.3) is 0 Å². The van der Waals surface area contributed by atoms with Crippen LogP contribution in [0.3, 0.4) is 0 Å². The molecule has 1 aliphatic carbocycles. The molecule has 0 radical (unpaired) electrons. The molecule has 3 unspecified atom stereocenters. The number of hydrogen-bond donors (Lipinski definition) is 2. The van der Waals surface area contributed by atoms with E-state index in [4.69, 9.17) is 9.52 Å². The Kier molecular flexibility index (Phi) is 3.52. The molecule has 1 fully saturated rings. The lowest BCUT2D eigenvalue weighted by atomic mass is 10.1. The molecule has 2 N–H and O–H groups in total. The minimum absolute atomic E-state index is 0.00752. The molecular formula is C13H19NO3. The van der Waals surface area contributed by atoms with Crippen molar-refractivity contribution in [2.75, 3.05) is 0 Å². The Hall–Kier alpha value is -1.29. The second-order valence-corrected chi connectivity index (χ2v) is 4.91. The van der Waals surface area contributed by atoms with E-state index in [2.05, 4.69) is 12.2 Å². The molecule has 0 spiro atoms. The summed E-state index contributed by atoms with van der Waals surface area (Å²) < 4.78 is 5.29. The molecule has 1 aliphatic rings. The van der Waals surface area contributed by atoms with Crippen LogP contribution in [-0.2, 0) is 0 Å². The molecular weight excluding hydrogens is 218 g/mol. The van der Waals surface area contributed by atoms with Crippen LogP contribution in [0.2, 0.25) is 0 Å². The van der Waals surface area contributed by atoms with Crippen molar-refractivity contribution < 1.29 is 14.3 Å². The van der Waals surface area contributed by atoms with Crippen molar-refractivity contribution in [3.8, 4) is 0 Å². The molecule has 94 valence electrons. The van der Waals surface area contributed by atoms with Gasteiger partial charge in [0, 0.05) is 6.04 Å². The summed E-state index contributed by atoms with van der Waals surface area (Å²) in [7, 11) is 0. The van der Waals surface area contributed by atoms with E-state index < -0.39 is 5.97 Å². The molecule has 0 amide bonds. The number of furan rings is 1. The maximum absolute atomic E-state index is 10.7.